The van der Waals surface area contributed by atoms with Crippen LogP contribution in [0.2, 0.25) is 5.02 Å². The summed E-state index contributed by atoms with van der Waals surface area (Å²) in [5, 5.41) is 8.55. The second-order valence-corrected chi connectivity index (χ2v) is 6.56. The highest BCUT2D eigenvalue weighted by Gasteiger charge is 2.13. The molecule has 0 spiro atoms. The molecular formula is C14H15ClINS. The predicted molar refractivity (Wildman–Crippen MR) is 88.6 cm³/mol. The Balaban J connectivity index is 2.10. The topological polar surface area (TPSA) is 12.0 Å². The van der Waals surface area contributed by atoms with Crippen molar-refractivity contribution in [3.63, 3.8) is 0 Å². The molecule has 96 valence electrons. The minimum Gasteiger partial charge on any atom is -0.313 e. The summed E-state index contributed by atoms with van der Waals surface area (Å²) in [6, 6.07) is 8.64. The van der Waals surface area contributed by atoms with Crippen LogP contribution in [0.4, 0.5) is 0 Å². The first-order valence-electron chi connectivity index (χ1n) is 5.84. The fourth-order valence-electron chi connectivity index (χ4n) is 1.98. The van der Waals surface area contributed by atoms with Gasteiger partial charge in [-0.2, -0.15) is 11.3 Å². The van der Waals surface area contributed by atoms with E-state index in [1.54, 1.807) is 11.3 Å². The van der Waals surface area contributed by atoms with E-state index in [0.29, 0.717) is 6.04 Å². The average Bonchev–Trinajstić information content (AvgIpc) is 2.87. The van der Waals surface area contributed by atoms with Crippen molar-refractivity contribution >= 4 is 45.5 Å². The van der Waals surface area contributed by atoms with Crippen LogP contribution in [0.1, 0.15) is 23.6 Å². The van der Waals surface area contributed by atoms with Gasteiger partial charge in [-0.1, -0.05) is 11.6 Å². The van der Waals surface area contributed by atoms with Gasteiger partial charge in [0.1, 0.15) is 0 Å². The predicted octanol–water partition coefficient (Wildman–Crippen LogP) is 4.90. The zero-order valence-electron chi connectivity index (χ0n) is 10.1. The van der Waals surface area contributed by atoms with Crippen LogP contribution in [0, 0.1) is 3.57 Å². The number of hydrogen-bond donors (Lipinski definition) is 1. The fraction of sp³-hybridized carbons (Fsp3) is 0.286. The average molecular weight is 392 g/mol. The molecule has 1 nitrogen and oxygen atoms in total. The summed E-state index contributed by atoms with van der Waals surface area (Å²) in [4.78, 5) is 0. The van der Waals surface area contributed by atoms with Crippen LogP contribution >= 0.6 is 45.5 Å². The molecule has 4 heteroatoms. The van der Waals surface area contributed by atoms with E-state index in [1.807, 2.05) is 13.1 Å². The van der Waals surface area contributed by atoms with Crippen molar-refractivity contribution in [3.8, 4) is 0 Å². The highest BCUT2D eigenvalue weighted by molar-refractivity contribution is 14.1. The zero-order chi connectivity index (χ0) is 13.0. The summed E-state index contributed by atoms with van der Waals surface area (Å²) < 4.78 is 1.27. The van der Waals surface area contributed by atoms with Crippen LogP contribution in [-0.2, 0) is 6.42 Å². The SMILES string of the molecule is CNC(CCc1ccsc1)c1cc(Cl)ccc1I. The number of rotatable bonds is 5. The summed E-state index contributed by atoms with van der Waals surface area (Å²) in [5.41, 5.74) is 2.71. The largest absolute Gasteiger partial charge is 0.313 e. The number of halogens is 2. The lowest BCUT2D eigenvalue weighted by Gasteiger charge is -2.18. The number of benzene rings is 1. The Labute approximate surface area is 131 Å². The molecular weight excluding hydrogens is 377 g/mol. The molecule has 0 saturated heterocycles. The van der Waals surface area contributed by atoms with Crippen LogP contribution in [0.5, 0.6) is 0 Å². The second-order valence-electron chi connectivity index (χ2n) is 4.18. The molecule has 0 radical (unpaired) electrons. The van der Waals surface area contributed by atoms with Gasteiger partial charge in [-0.15, -0.1) is 0 Å². The van der Waals surface area contributed by atoms with E-state index in [0.717, 1.165) is 17.9 Å². The Morgan fingerprint density at radius 1 is 1.39 bits per heavy atom. The van der Waals surface area contributed by atoms with Gasteiger partial charge < -0.3 is 5.32 Å². The van der Waals surface area contributed by atoms with Crippen molar-refractivity contribution in [1.29, 1.82) is 0 Å². The quantitative estimate of drug-likeness (QED) is 0.715. The number of aryl methyl sites for hydroxylation is 1. The summed E-state index contributed by atoms with van der Waals surface area (Å²) in [6.07, 6.45) is 2.18. The van der Waals surface area contributed by atoms with Crippen LogP contribution in [0.15, 0.2) is 35.0 Å². The van der Waals surface area contributed by atoms with Crippen LogP contribution in [-0.4, -0.2) is 7.05 Å². The lowest BCUT2D eigenvalue weighted by Crippen LogP contribution is -2.18. The first-order chi connectivity index (χ1) is 8.70. The van der Waals surface area contributed by atoms with Gasteiger partial charge >= 0.3 is 0 Å². The standard InChI is InChI=1S/C14H15ClINS/c1-17-14(5-2-10-6-7-18-9-10)12-8-11(15)3-4-13(12)16/h3-4,6-9,14,17H,2,5H2,1H3. The molecule has 0 aliphatic rings. The third-order valence-corrected chi connectivity index (χ3v) is 4.93. The highest BCUT2D eigenvalue weighted by Crippen LogP contribution is 2.27. The summed E-state index contributed by atoms with van der Waals surface area (Å²) in [7, 11) is 2.01. The van der Waals surface area contributed by atoms with E-state index in [-0.39, 0.29) is 0 Å². The van der Waals surface area contributed by atoms with Crippen LogP contribution in [0.3, 0.4) is 0 Å². The lowest BCUT2D eigenvalue weighted by molar-refractivity contribution is 0.547. The highest BCUT2D eigenvalue weighted by atomic mass is 127. The van der Waals surface area contributed by atoms with Crippen molar-refractivity contribution in [2.24, 2.45) is 0 Å². The molecule has 2 aromatic rings. The molecule has 1 atom stereocenters. The number of thiophene rings is 1. The maximum Gasteiger partial charge on any atom is 0.0410 e. The third kappa shape index (κ3) is 3.70. The molecule has 1 heterocycles. The fourth-order valence-corrected chi connectivity index (χ4v) is 3.58. The minimum atomic E-state index is 0.357. The first kappa shape index (κ1) is 14.3. The summed E-state index contributed by atoms with van der Waals surface area (Å²) in [6.45, 7) is 0. The lowest BCUT2D eigenvalue weighted by atomic mass is 10.0. The van der Waals surface area contributed by atoms with Gasteiger partial charge in [0, 0.05) is 14.6 Å². The zero-order valence-corrected chi connectivity index (χ0v) is 13.8. The molecule has 0 bridgehead atoms. The third-order valence-electron chi connectivity index (χ3n) is 2.98. The first-order valence-corrected chi connectivity index (χ1v) is 8.24. The Morgan fingerprint density at radius 2 is 2.22 bits per heavy atom. The normalized spacial score (nSPS) is 12.6. The van der Waals surface area contributed by atoms with Crippen molar-refractivity contribution < 1.29 is 0 Å². The van der Waals surface area contributed by atoms with E-state index in [2.05, 4.69) is 56.9 Å². The summed E-state index contributed by atoms with van der Waals surface area (Å²) >= 11 is 10.2. The molecule has 0 fully saturated rings. The van der Waals surface area contributed by atoms with Crippen LogP contribution in [0.25, 0.3) is 0 Å². The Bertz CT molecular complexity index is 499. The minimum absolute atomic E-state index is 0.357. The molecule has 1 aromatic heterocycles. The molecule has 2 rings (SSSR count). The maximum atomic E-state index is 6.09. The monoisotopic (exact) mass is 391 g/mol. The van der Waals surface area contributed by atoms with E-state index in [1.165, 1.54) is 14.7 Å². The second kappa shape index (κ2) is 6.89. The van der Waals surface area contributed by atoms with E-state index in [9.17, 15) is 0 Å². The molecule has 1 N–H and O–H groups in total. The number of nitrogens with one attached hydrogen (secondary N) is 1. The van der Waals surface area contributed by atoms with E-state index >= 15 is 0 Å². The molecule has 0 aliphatic heterocycles. The van der Waals surface area contributed by atoms with E-state index < -0.39 is 0 Å². The molecule has 1 aromatic carbocycles. The smallest absolute Gasteiger partial charge is 0.0410 e. The van der Waals surface area contributed by atoms with Gasteiger partial charge in [0.25, 0.3) is 0 Å². The van der Waals surface area contributed by atoms with Crippen molar-refractivity contribution in [2.45, 2.75) is 18.9 Å². The molecule has 1 unspecified atom stereocenters. The van der Waals surface area contributed by atoms with Crippen molar-refractivity contribution in [1.82, 2.24) is 5.32 Å². The van der Waals surface area contributed by atoms with Crippen molar-refractivity contribution in [3.05, 3.63) is 54.7 Å². The van der Waals surface area contributed by atoms with Crippen LogP contribution < -0.4 is 5.32 Å². The van der Waals surface area contributed by atoms with Crippen molar-refractivity contribution in [2.75, 3.05) is 7.05 Å². The molecule has 18 heavy (non-hydrogen) atoms. The van der Waals surface area contributed by atoms with E-state index in [4.69, 9.17) is 11.6 Å². The Morgan fingerprint density at radius 3 is 2.89 bits per heavy atom. The van der Waals surface area contributed by atoms with Gasteiger partial charge in [-0.3, -0.25) is 0 Å². The van der Waals surface area contributed by atoms with Gasteiger partial charge in [0.2, 0.25) is 0 Å². The summed E-state index contributed by atoms with van der Waals surface area (Å²) in [5.74, 6) is 0. The van der Waals surface area contributed by atoms with Gasteiger partial charge in [-0.25, -0.2) is 0 Å². The maximum absolute atomic E-state index is 6.09. The molecule has 0 saturated carbocycles. The van der Waals surface area contributed by atoms with Gasteiger partial charge in [0.15, 0.2) is 0 Å². The number of hydrogen-bond acceptors (Lipinski definition) is 2. The Kier molecular flexibility index (Phi) is 5.48. The van der Waals surface area contributed by atoms with Gasteiger partial charge in [0.05, 0.1) is 0 Å². The molecule has 0 aliphatic carbocycles. The van der Waals surface area contributed by atoms with Gasteiger partial charge in [-0.05, 0) is 88.6 Å². The molecule has 0 amide bonds. The Hall–Kier alpha value is -0.100.